The van der Waals surface area contributed by atoms with Crippen LogP contribution in [0, 0.1) is 5.82 Å². The van der Waals surface area contributed by atoms with Crippen molar-refractivity contribution in [2.24, 2.45) is 0 Å². The summed E-state index contributed by atoms with van der Waals surface area (Å²) >= 11 is 0. The second-order valence-electron chi connectivity index (χ2n) is 4.72. The molecule has 1 aromatic heterocycles. The molecule has 1 aromatic carbocycles. The van der Waals surface area contributed by atoms with Gasteiger partial charge in [-0.25, -0.2) is 18.9 Å². The van der Waals surface area contributed by atoms with Crippen LogP contribution in [0.4, 0.5) is 4.39 Å². The molecule has 1 atom stereocenters. The molecule has 19 heavy (non-hydrogen) atoms. The van der Waals surface area contributed by atoms with Crippen molar-refractivity contribution in [1.29, 1.82) is 0 Å². The molecule has 0 radical (unpaired) electrons. The minimum atomic E-state index is -0.420. The highest BCUT2D eigenvalue weighted by Crippen LogP contribution is 2.23. The van der Waals surface area contributed by atoms with E-state index in [4.69, 9.17) is 0 Å². The normalized spacial score (nSPS) is 19.5. The summed E-state index contributed by atoms with van der Waals surface area (Å²) in [5.41, 5.74) is -0.146. The molecule has 5 nitrogen and oxygen atoms in total. The number of rotatable bonds is 2. The smallest absolute Gasteiger partial charge is 0.316 e. The summed E-state index contributed by atoms with van der Waals surface area (Å²) in [6.07, 6.45) is 1.98. The zero-order valence-electron chi connectivity index (χ0n) is 10.4. The predicted molar refractivity (Wildman–Crippen MR) is 69.0 cm³/mol. The Hall–Kier alpha value is -1.95. The van der Waals surface area contributed by atoms with E-state index in [1.54, 1.807) is 18.2 Å². The molecule has 1 aliphatic heterocycles. The average molecular weight is 262 g/mol. The number of aromatic amines is 1. The van der Waals surface area contributed by atoms with Gasteiger partial charge >= 0.3 is 5.69 Å². The summed E-state index contributed by atoms with van der Waals surface area (Å²) in [4.78, 5) is 11.9. The number of hydrogen-bond acceptors (Lipinski definition) is 3. The Morgan fingerprint density at radius 3 is 2.95 bits per heavy atom. The largest absolute Gasteiger partial charge is 0.348 e. The fourth-order valence-corrected chi connectivity index (χ4v) is 2.52. The van der Waals surface area contributed by atoms with Gasteiger partial charge in [-0.15, -0.1) is 0 Å². The Morgan fingerprint density at radius 1 is 1.37 bits per heavy atom. The topological polar surface area (TPSA) is 62.7 Å². The van der Waals surface area contributed by atoms with Crippen LogP contribution in [0.2, 0.25) is 0 Å². The van der Waals surface area contributed by atoms with Crippen LogP contribution in [0.15, 0.2) is 29.1 Å². The molecule has 0 saturated carbocycles. The third-order valence-corrected chi connectivity index (χ3v) is 3.45. The van der Waals surface area contributed by atoms with Gasteiger partial charge in [0.2, 0.25) is 0 Å². The predicted octanol–water partition coefficient (Wildman–Crippen LogP) is 1.17. The molecule has 2 heterocycles. The van der Waals surface area contributed by atoms with Crippen molar-refractivity contribution < 1.29 is 4.39 Å². The monoisotopic (exact) mass is 262 g/mol. The lowest BCUT2D eigenvalue weighted by Gasteiger charge is -2.22. The first kappa shape index (κ1) is 12.1. The van der Waals surface area contributed by atoms with Gasteiger partial charge in [-0.1, -0.05) is 12.1 Å². The minimum absolute atomic E-state index is 0.132. The number of halogens is 1. The van der Waals surface area contributed by atoms with Gasteiger partial charge in [-0.3, -0.25) is 0 Å². The molecule has 1 saturated heterocycles. The Bertz CT molecular complexity index is 628. The van der Waals surface area contributed by atoms with Crippen molar-refractivity contribution in [2.45, 2.75) is 18.8 Å². The second-order valence-corrected chi connectivity index (χ2v) is 4.72. The van der Waals surface area contributed by atoms with Gasteiger partial charge in [0.15, 0.2) is 0 Å². The Morgan fingerprint density at radius 2 is 2.21 bits per heavy atom. The quantitative estimate of drug-likeness (QED) is 0.854. The first-order valence-electron chi connectivity index (χ1n) is 6.40. The van der Waals surface area contributed by atoms with E-state index < -0.39 is 11.5 Å². The number of hydrogen-bond donors (Lipinski definition) is 2. The second kappa shape index (κ2) is 4.97. The van der Waals surface area contributed by atoms with Gasteiger partial charge in [0, 0.05) is 12.5 Å². The summed E-state index contributed by atoms with van der Waals surface area (Å²) in [5, 5.41) is 9.77. The third-order valence-electron chi connectivity index (χ3n) is 3.45. The van der Waals surface area contributed by atoms with E-state index in [-0.39, 0.29) is 11.6 Å². The number of H-pyrrole nitrogens is 1. The molecule has 0 spiro atoms. The van der Waals surface area contributed by atoms with Crippen LogP contribution in [0.25, 0.3) is 5.69 Å². The summed E-state index contributed by atoms with van der Waals surface area (Å²) in [7, 11) is 0. The van der Waals surface area contributed by atoms with Crippen molar-refractivity contribution in [3.05, 3.63) is 46.4 Å². The zero-order chi connectivity index (χ0) is 13.2. The molecule has 0 bridgehead atoms. The SMILES string of the molecule is O=c1[nH]nc(C2CCCNC2)n1-c1ccccc1F. The number of aromatic nitrogens is 3. The maximum Gasteiger partial charge on any atom is 0.348 e. The van der Waals surface area contributed by atoms with Crippen molar-refractivity contribution in [3.63, 3.8) is 0 Å². The van der Waals surface area contributed by atoms with Crippen LogP contribution >= 0.6 is 0 Å². The van der Waals surface area contributed by atoms with E-state index >= 15 is 0 Å². The fourth-order valence-electron chi connectivity index (χ4n) is 2.52. The molecular weight excluding hydrogens is 247 g/mol. The van der Waals surface area contributed by atoms with Gasteiger partial charge in [-0.2, -0.15) is 5.10 Å². The van der Waals surface area contributed by atoms with Crippen LogP contribution in [-0.4, -0.2) is 27.9 Å². The van der Waals surface area contributed by atoms with Gasteiger partial charge in [0.1, 0.15) is 11.6 Å². The van der Waals surface area contributed by atoms with E-state index in [1.165, 1.54) is 10.6 Å². The maximum atomic E-state index is 13.9. The third kappa shape index (κ3) is 2.19. The van der Waals surface area contributed by atoms with Gasteiger partial charge in [0.25, 0.3) is 0 Å². The Kier molecular flexibility index (Phi) is 3.16. The van der Waals surface area contributed by atoms with E-state index in [1.807, 2.05) is 0 Å². The lowest BCUT2D eigenvalue weighted by atomic mass is 9.99. The molecule has 1 fully saturated rings. The van der Waals surface area contributed by atoms with Gasteiger partial charge in [-0.05, 0) is 31.5 Å². The van der Waals surface area contributed by atoms with Crippen molar-refractivity contribution in [2.75, 3.05) is 13.1 Å². The van der Waals surface area contributed by atoms with Crippen molar-refractivity contribution in [3.8, 4) is 5.69 Å². The molecule has 1 unspecified atom stereocenters. The molecule has 0 aliphatic carbocycles. The van der Waals surface area contributed by atoms with Crippen molar-refractivity contribution in [1.82, 2.24) is 20.1 Å². The molecular formula is C13H15FN4O. The number of nitrogens with one attached hydrogen (secondary N) is 2. The summed E-state index contributed by atoms with van der Waals surface area (Å²) in [6, 6.07) is 6.25. The molecule has 100 valence electrons. The fraction of sp³-hybridized carbons (Fsp3) is 0.385. The highest BCUT2D eigenvalue weighted by atomic mass is 19.1. The lowest BCUT2D eigenvalue weighted by molar-refractivity contribution is 0.441. The molecule has 1 aliphatic rings. The van der Waals surface area contributed by atoms with E-state index in [0.29, 0.717) is 5.82 Å². The number of nitrogens with zero attached hydrogens (tertiary/aromatic N) is 2. The molecule has 0 amide bonds. The zero-order valence-corrected chi connectivity index (χ0v) is 10.4. The van der Waals surface area contributed by atoms with Crippen molar-refractivity contribution >= 4 is 0 Å². The molecule has 6 heteroatoms. The number of benzene rings is 1. The summed E-state index contributed by atoms with van der Waals surface area (Å²) in [6.45, 7) is 1.74. The first-order chi connectivity index (χ1) is 9.27. The van der Waals surface area contributed by atoms with Crippen LogP contribution in [0.3, 0.4) is 0 Å². The highest BCUT2D eigenvalue weighted by Gasteiger charge is 2.23. The molecule has 3 rings (SSSR count). The standard InChI is InChI=1S/C13H15FN4O/c14-10-5-1-2-6-11(10)18-12(16-17-13(18)19)9-4-3-7-15-8-9/h1-2,5-6,9,15H,3-4,7-8H2,(H,17,19). The molecule has 2 N–H and O–H groups in total. The molecule has 2 aromatic rings. The van der Waals surface area contributed by atoms with Crippen LogP contribution < -0.4 is 11.0 Å². The lowest BCUT2D eigenvalue weighted by Crippen LogP contribution is -2.31. The van der Waals surface area contributed by atoms with Crippen LogP contribution in [-0.2, 0) is 0 Å². The summed E-state index contributed by atoms with van der Waals surface area (Å²) < 4.78 is 15.2. The minimum Gasteiger partial charge on any atom is -0.316 e. The number of para-hydroxylation sites is 1. The highest BCUT2D eigenvalue weighted by molar-refractivity contribution is 5.34. The van der Waals surface area contributed by atoms with Gasteiger partial charge in [0.05, 0.1) is 5.69 Å². The Labute approximate surface area is 109 Å². The maximum absolute atomic E-state index is 13.9. The first-order valence-corrected chi connectivity index (χ1v) is 6.40. The van der Waals surface area contributed by atoms with E-state index in [2.05, 4.69) is 15.5 Å². The number of piperidine rings is 1. The van der Waals surface area contributed by atoms with Crippen LogP contribution in [0.1, 0.15) is 24.6 Å². The van der Waals surface area contributed by atoms with E-state index in [9.17, 15) is 9.18 Å². The van der Waals surface area contributed by atoms with E-state index in [0.717, 1.165) is 25.9 Å². The Balaban J connectivity index is 2.08. The van der Waals surface area contributed by atoms with Gasteiger partial charge < -0.3 is 5.32 Å². The average Bonchev–Trinajstić information content (AvgIpc) is 2.82. The van der Waals surface area contributed by atoms with Crippen LogP contribution in [0.5, 0.6) is 0 Å². The summed E-state index contributed by atoms with van der Waals surface area (Å²) in [5.74, 6) is 0.311.